The van der Waals surface area contributed by atoms with Crippen LogP contribution >= 0.6 is 23.2 Å². The normalized spacial score (nSPS) is 32.2. The summed E-state index contributed by atoms with van der Waals surface area (Å²) in [6, 6.07) is 0. The van der Waals surface area contributed by atoms with E-state index >= 15 is 0 Å². The zero-order chi connectivity index (χ0) is 8.27. The van der Waals surface area contributed by atoms with Crippen LogP contribution in [0.15, 0.2) is 20.1 Å². The molecule has 0 N–H and O–H groups in total. The van der Waals surface area contributed by atoms with Crippen LogP contribution in [0.25, 0.3) is 0 Å². The number of rotatable bonds is 0. The Hall–Kier alpha value is 0.748. The Morgan fingerprint density at radius 1 is 1.27 bits per heavy atom. The summed E-state index contributed by atoms with van der Waals surface area (Å²) < 4.78 is 1.19. The third-order valence-corrected chi connectivity index (χ3v) is 3.93. The fourth-order valence-electron chi connectivity index (χ4n) is 0.964. The summed E-state index contributed by atoms with van der Waals surface area (Å²) in [5.41, 5.74) is 0. The van der Waals surface area contributed by atoms with Gasteiger partial charge in [0.05, 0.1) is 0 Å². The summed E-state index contributed by atoms with van der Waals surface area (Å²) in [6.07, 6.45) is 6.56. The first-order valence-corrected chi connectivity index (χ1v) is 5.48. The Morgan fingerprint density at radius 3 is 2.73 bits per heavy atom. The van der Waals surface area contributed by atoms with Crippen molar-refractivity contribution in [1.82, 2.24) is 0 Å². The Morgan fingerprint density at radius 2 is 2.00 bits per heavy atom. The van der Waals surface area contributed by atoms with Crippen LogP contribution in [-0.2, 0) is 19.8 Å². The third kappa shape index (κ3) is 2.93. The third-order valence-electron chi connectivity index (χ3n) is 1.59. The molecule has 0 spiro atoms. The second kappa shape index (κ2) is 4.70. The van der Waals surface area contributed by atoms with Crippen molar-refractivity contribution >= 4 is 23.2 Å². The molecule has 0 heterocycles. The van der Waals surface area contributed by atoms with E-state index in [-0.39, 0.29) is 0 Å². The van der Waals surface area contributed by atoms with Gasteiger partial charge in [-0.1, -0.05) is 0 Å². The number of allylic oxidation sites excluding steroid dienone is 4. The molecule has 1 rings (SSSR count). The fraction of sp³-hybridized carbons (Fsp3) is 0.500. The minimum atomic E-state index is 0.719. The second-order valence-corrected chi connectivity index (χ2v) is 4.64. The van der Waals surface area contributed by atoms with Crippen LogP contribution in [0.1, 0.15) is 25.7 Å². The van der Waals surface area contributed by atoms with Gasteiger partial charge in [-0.3, -0.25) is 0 Å². The molecular weight excluding hydrogens is 362 g/mol. The van der Waals surface area contributed by atoms with Crippen LogP contribution in [0, 0.1) is 0 Å². The van der Waals surface area contributed by atoms with Crippen LogP contribution in [0.5, 0.6) is 0 Å². The molecule has 0 radical (unpaired) electrons. The molecule has 1 aliphatic carbocycles. The number of hydrogen-bond donors (Lipinski definition) is 0. The van der Waals surface area contributed by atoms with E-state index in [1.165, 1.54) is 16.8 Å². The van der Waals surface area contributed by atoms with Crippen LogP contribution in [0.2, 0.25) is 0 Å². The van der Waals surface area contributed by atoms with Crippen LogP contribution < -0.4 is 0 Å². The SMILES string of the molecule is ClC1=[C](\[Pt])CCCC/C=C\1Cl. The molecular formula is C8H9Cl2Pt. The molecule has 0 amide bonds. The maximum absolute atomic E-state index is 5.97. The molecule has 0 unspecified atom stereocenters. The van der Waals surface area contributed by atoms with Crippen LogP contribution in [-0.4, -0.2) is 0 Å². The van der Waals surface area contributed by atoms with Crippen molar-refractivity contribution in [2.45, 2.75) is 25.7 Å². The Bertz CT molecular complexity index is 206. The van der Waals surface area contributed by atoms with E-state index in [1.807, 2.05) is 6.08 Å². The number of halogens is 2. The van der Waals surface area contributed by atoms with E-state index in [4.69, 9.17) is 23.2 Å². The van der Waals surface area contributed by atoms with Crippen molar-refractivity contribution in [3.8, 4) is 0 Å². The van der Waals surface area contributed by atoms with Gasteiger partial charge in [0, 0.05) is 0 Å². The first kappa shape index (κ1) is 9.83. The first-order chi connectivity index (χ1) is 5.22. The van der Waals surface area contributed by atoms with E-state index in [0.717, 1.165) is 22.9 Å². The van der Waals surface area contributed by atoms with Gasteiger partial charge in [-0.2, -0.15) is 0 Å². The minimum absolute atomic E-state index is 0.719. The van der Waals surface area contributed by atoms with Gasteiger partial charge in [0.15, 0.2) is 0 Å². The standard InChI is InChI=1S/C8H9Cl2.Pt/c9-7-5-3-1-2-4-6-8(7)10;/h5H,1-4H2;/b7-5+,8-6?;. The maximum atomic E-state index is 5.97. The zero-order valence-corrected chi connectivity index (χ0v) is 9.76. The average molecular weight is 371 g/mol. The average Bonchev–Trinajstić information content (AvgIpc) is 2.00. The molecule has 0 bridgehead atoms. The van der Waals surface area contributed by atoms with E-state index in [2.05, 4.69) is 19.8 Å². The van der Waals surface area contributed by atoms with Crippen molar-refractivity contribution in [3.05, 3.63) is 20.1 Å². The molecule has 0 atom stereocenters. The van der Waals surface area contributed by atoms with Gasteiger partial charge in [0.25, 0.3) is 0 Å². The molecule has 0 fully saturated rings. The van der Waals surface area contributed by atoms with Crippen LogP contribution in [0.4, 0.5) is 0 Å². The van der Waals surface area contributed by atoms with Crippen molar-refractivity contribution in [2.24, 2.45) is 0 Å². The van der Waals surface area contributed by atoms with Gasteiger partial charge in [-0.15, -0.1) is 0 Å². The Kier molecular flexibility index (Phi) is 4.20. The number of hydrogen-bond acceptors (Lipinski definition) is 0. The zero-order valence-electron chi connectivity index (χ0n) is 5.98. The van der Waals surface area contributed by atoms with E-state index < -0.39 is 0 Å². The molecule has 1 aliphatic rings. The molecule has 0 aromatic heterocycles. The van der Waals surface area contributed by atoms with E-state index in [0.29, 0.717) is 0 Å². The molecule has 3 heteroatoms. The Labute approximate surface area is 88.5 Å². The summed E-state index contributed by atoms with van der Waals surface area (Å²) in [5.74, 6) is 0. The van der Waals surface area contributed by atoms with Crippen molar-refractivity contribution < 1.29 is 19.8 Å². The molecule has 0 aliphatic heterocycles. The quantitative estimate of drug-likeness (QED) is 0.610. The van der Waals surface area contributed by atoms with Crippen LogP contribution in [0.3, 0.4) is 0 Å². The van der Waals surface area contributed by atoms with Crippen molar-refractivity contribution in [2.75, 3.05) is 0 Å². The molecule has 11 heavy (non-hydrogen) atoms. The topological polar surface area (TPSA) is 0 Å². The summed E-state index contributed by atoms with van der Waals surface area (Å²) in [6.45, 7) is 0. The summed E-state index contributed by atoms with van der Waals surface area (Å²) in [5, 5.41) is 1.46. The molecule has 0 nitrogen and oxygen atoms in total. The first-order valence-electron chi connectivity index (χ1n) is 3.59. The predicted octanol–water partition coefficient (Wildman–Crippen LogP) is 3.68. The molecule has 0 saturated carbocycles. The van der Waals surface area contributed by atoms with Gasteiger partial charge >= 0.3 is 88.8 Å². The molecule has 0 aromatic rings. The Balaban J connectivity index is 2.83. The van der Waals surface area contributed by atoms with E-state index in [9.17, 15) is 0 Å². The van der Waals surface area contributed by atoms with Gasteiger partial charge in [0.2, 0.25) is 0 Å². The monoisotopic (exact) mass is 370 g/mol. The molecule has 0 saturated heterocycles. The second-order valence-electron chi connectivity index (χ2n) is 2.48. The van der Waals surface area contributed by atoms with Crippen molar-refractivity contribution in [3.63, 3.8) is 0 Å². The summed E-state index contributed by atoms with van der Waals surface area (Å²) in [4.78, 5) is 0. The van der Waals surface area contributed by atoms with Gasteiger partial charge in [-0.05, 0) is 0 Å². The van der Waals surface area contributed by atoms with Crippen molar-refractivity contribution in [1.29, 1.82) is 0 Å². The molecule has 0 aromatic carbocycles. The van der Waals surface area contributed by atoms with Gasteiger partial charge in [-0.25, -0.2) is 0 Å². The van der Waals surface area contributed by atoms with Gasteiger partial charge in [0.1, 0.15) is 0 Å². The van der Waals surface area contributed by atoms with E-state index in [1.54, 1.807) is 0 Å². The summed E-state index contributed by atoms with van der Waals surface area (Å²) >= 11 is 14.1. The van der Waals surface area contributed by atoms with Gasteiger partial charge < -0.3 is 0 Å². The predicted molar refractivity (Wildman–Crippen MR) is 45.3 cm³/mol. The fourth-order valence-corrected chi connectivity index (χ4v) is 2.23. The summed E-state index contributed by atoms with van der Waals surface area (Å²) in [7, 11) is 0. The molecule has 65 valence electrons.